The van der Waals surface area contributed by atoms with Crippen molar-refractivity contribution in [3.8, 4) is 6.07 Å². The van der Waals surface area contributed by atoms with E-state index in [1.807, 2.05) is 24.6 Å². The van der Waals surface area contributed by atoms with Crippen molar-refractivity contribution in [3.63, 3.8) is 0 Å². The lowest BCUT2D eigenvalue weighted by Gasteiger charge is -2.03. The number of anilines is 1. The zero-order valence-corrected chi connectivity index (χ0v) is 15.4. The highest BCUT2D eigenvalue weighted by atomic mass is 32.1. The van der Waals surface area contributed by atoms with Crippen molar-refractivity contribution >= 4 is 22.2 Å². The number of amides is 1. The van der Waals surface area contributed by atoms with Gasteiger partial charge in [-0.2, -0.15) is 10.4 Å². The van der Waals surface area contributed by atoms with Gasteiger partial charge in [-0.3, -0.25) is 9.48 Å². The molecule has 4 rings (SSSR count). The van der Waals surface area contributed by atoms with E-state index in [-0.39, 0.29) is 11.7 Å². The second kappa shape index (κ2) is 6.46. The van der Waals surface area contributed by atoms with Crippen LogP contribution in [0.15, 0.2) is 22.6 Å². The second-order valence-electron chi connectivity index (χ2n) is 6.48. The Morgan fingerprint density at radius 3 is 3.00 bits per heavy atom. The number of nitrogens with zero attached hydrogens (tertiary/aromatic N) is 3. The molecule has 0 atom stereocenters. The molecule has 3 heterocycles. The van der Waals surface area contributed by atoms with Gasteiger partial charge in [0.2, 0.25) is 0 Å². The van der Waals surface area contributed by atoms with Gasteiger partial charge in [0.05, 0.1) is 17.8 Å². The summed E-state index contributed by atoms with van der Waals surface area (Å²) in [7, 11) is 0. The summed E-state index contributed by atoms with van der Waals surface area (Å²) in [6.45, 7) is 4.40. The van der Waals surface area contributed by atoms with Crippen molar-refractivity contribution in [2.75, 3.05) is 5.32 Å². The Balaban J connectivity index is 1.51. The largest absolute Gasteiger partial charge is 0.454 e. The van der Waals surface area contributed by atoms with Gasteiger partial charge in [0.15, 0.2) is 5.76 Å². The quantitative estimate of drug-likeness (QED) is 0.761. The topological polar surface area (TPSA) is 83.9 Å². The smallest absolute Gasteiger partial charge is 0.292 e. The predicted molar refractivity (Wildman–Crippen MR) is 98.5 cm³/mol. The van der Waals surface area contributed by atoms with Gasteiger partial charge in [-0.1, -0.05) is 0 Å². The number of rotatable bonds is 4. The Labute approximate surface area is 155 Å². The molecule has 0 radical (unpaired) electrons. The third-order valence-corrected chi connectivity index (χ3v) is 5.76. The van der Waals surface area contributed by atoms with Gasteiger partial charge in [-0.25, -0.2) is 0 Å². The molecule has 0 unspecified atom stereocenters. The molecular formula is C19H18N4O2S. The van der Waals surface area contributed by atoms with Crippen LogP contribution in [0.5, 0.6) is 0 Å². The Morgan fingerprint density at radius 2 is 2.27 bits per heavy atom. The zero-order valence-electron chi connectivity index (χ0n) is 14.6. The van der Waals surface area contributed by atoms with Gasteiger partial charge in [0.25, 0.3) is 5.91 Å². The van der Waals surface area contributed by atoms with Crippen molar-refractivity contribution < 1.29 is 9.21 Å². The van der Waals surface area contributed by atoms with Crippen LogP contribution in [0.2, 0.25) is 0 Å². The number of furan rings is 1. The summed E-state index contributed by atoms with van der Waals surface area (Å²) in [6.07, 6.45) is 2.98. The lowest BCUT2D eigenvalue weighted by Crippen LogP contribution is -2.11. The van der Waals surface area contributed by atoms with Crippen LogP contribution in [0, 0.1) is 25.2 Å². The highest BCUT2D eigenvalue weighted by Gasteiger charge is 2.24. The normalized spacial score (nSPS) is 12.8. The van der Waals surface area contributed by atoms with E-state index in [1.54, 1.807) is 12.1 Å². The summed E-state index contributed by atoms with van der Waals surface area (Å²) in [5.41, 5.74) is 3.68. The van der Waals surface area contributed by atoms with Crippen LogP contribution >= 0.6 is 11.3 Å². The molecule has 0 saturated heterocycles. The number of carbonyl (C=O) groups is 1. The number of hydrogen-bond donors (Lipinski definition) is 1. The summed E-state index contributed by atoms with van der Waals surface area (Å²) in [5.74, 6) is 0.565. The monoisotopic (exact) mass is 366 g/mol. The highest BCUT2D eigenvalue weighted by molar-refractivity contribution is 7.16. The number of carbonyl (C=O) groups excluding carboxylic acids is 1. The molecule has 0 bridgehead atoms. The first-order valence-electron chi connectivity index (χ1n) is 8.51. The van der Waals surface area contributed by atoms with Crippen LogP contribution in [-0.4, -0.2) is 15.7 Å². The van der Waals surface area contributed by atoms with Crippen molar-refractivity contribution in [1.29, 1.82) is 5.26 Å². The van der Waals surface area contributed by atoms with Crippen LogP contribution in [0.3, 0.4) is 0 Å². The maximum absolute atomic E-state index is 12.5. The third kappa shape index (κ3) is 2.93. The van der Waals surface area contributed by atoms with Crippen LogP contribution in [0.4, 0.5) is 5.00 Å². The number of aromatic nitrogens is 2. The van der Waals surface area contributed by atoms with E-state index < -0.39 is 0 Å². The molecule has 0 saturated carbocycles. The maximum atomic E-state index is 12.5. The van der Waals surface area contributed by atoms with E-state index in [2.05, 4.69) is 16.5 Å². The van der Waals surface area contributed by atoms with Crippen molar-refractivity contribution in [2.45, 2.75) is 39.7 Å². The Bertz CT molecular complexity index is 1030. The molecule has 0 aliphatic heterocycles. The van der Waals surface area contributed by atoms with E-state index in [0.29, 0.717) is 22.9 Å². The number of nitriles is 1. The number of aryl methyl sites for hydroxylation is 3. The summed E-state index contributed by atoms with van der Waals surface area (Å²) < 4.78 is 7.53. The zero-order chi connectivity index (χ0) is 18.3. The lowest BCUT2D eigenvalue weighted by molar-refractivity contribution is 0.0995. The number of fused-ring (bicyclic) bond motifs is 1. The fourth-order valence-corrected chi connectivity index (χ4v) is 4.58. The molecule has 7 heteroatoms. The molecule has 6 nitrogen and oxygen atoms in total. The molecular weight excluding hydrogens is 348 g/mol. The average molecular weight is 366 g/mol. The van der Waals surface area contributed by atoms with Gasteiger partial charge >= 0.3 is 0 Å². The van der Waals surface area contributed by atoms with Gasteiger partial charge in [0, 0.05) is 10.6 Å². The van der Waals surface area contributed by atoms with Gasteiger partial charge in [-0.05, 0) is 56.9 Å². The van der Waals surface area contributed by atoms with E-state index in [1.165, 1.54) is 16.2 Å². The molecule has 0 aromatic carbocycles. The van der Waals surface area contributed by atoms with Crippen LogP contribution < -0.4 is 5.32 Å². The SMILES string of the molecule is Cc1cc(C)n(Cc2ccc(C(=O)Nc3sc4c(c3C#N)CCC4)o2)n1. The predicted octanol–water partition coefficient (Wildman–Crippen LogP) is 3.82. The van der Waals surface area contributed by atoms with Crippen LogP contribution in [0.25, 0.3) is 0 Å². The van der Waals surface area contributed by atoms with Crippen molar-refractivity contribution in [3.05, 3.63) is 57.1 Å². The molecule has 0 fully saturated rings. The fraction of sp³-hybridized carbons (Fsp3) is 0.316. The summed E-state index contributed by atoms with van der Waals surface area (Å²) in [5, 5.41) is 17.3. The van der Waals surface area contributed by atoms with E-state index in [0.717, 1.165) is 36.2 Å². The molecule has 1 aliphatic rings. The van der Waals surface area contributed by atoms with E-state index in [9.17, 15) is 10.1 Å². The Hall–Kier alpha value is -2.85. The van der Waals surface area contributed by atoms with E-state index >= 15 is 0 Å². The van der Waals surface area contributed by atoms with Crippen LogP contribution in [0.1, 0.15) is 50.1 Å². The molecule has 1 amide bonds. The Morgan fingerprint density at radius 1 is 1.42 bits per heavy atom. The Kier molecular flexibility index (Phi) is 4.13. The van der Waals surface area contributed by atoms with E-state index in [4.69, 9.17) is 4.42 Å². The summed E-state index contributed by atoms with van der Waals surface area (Å²) in [6, 6.07) is 7.67. The minimum atomic E-state index is -0.332. The molecule has 3 aromatic heterocycles. The molecule has 1 N–H and O–H groups in total. The number of hydrogen-bond acceptors (Lipinski definition) is 5. The first-order valence-corrected chi connectivity index (χ1v) is 9.32. The lowest BCUT2D eigenvalue weighted by atomic mass is 10.1. The first-order chi connectivity index (χ1) is 12.5. The standard InChI is InChI=1S/C19H18N4O2S/c1-11-8-12(2)23(22-11)10-13-6-7-16(25-13)18(24)21-19-15(9-20)14-4-3-5-17(14)26-19/h6-8H,3-5,10H2,1-2H3,(H,21,24). The minimum Gasteiger partial charge on any atom is -0.454 e. The first kappa shape index (κ1) is 16.6. The average Bonchev–Trinajstić information content (AvgIpc) is 3.33. The summed E-state index contributed by atoms with van der Waals surface area (Å²) >= 11 is 1.50. The maximum Gasteiger partial charge on any atom is 0.292 e. The van der Waals surface area contributed by atoms with Crippen LogP contribution in [-0.2, 0) is 19.4 Å². The number of thiophene rings is 1. The van der Waals surface area contributed by atoms with Crippen molar-refractivity contribution in [1.82, 2.24) is 9.78 Å². The molecule has 132 valence electrons. The fourth-order valence-electron chi connectivity index (χ4n) is 3.34. The summed E-state index contributed by atoms with van der Waals surface area (Å²) in [4.78, 5) is 13.7. The molecule has 3 aromatic rings. The molecule has 0 spiro atoms. The number of nitrogens with one attached hydrogen (secondary N) is 1. The van der Waals surface area contributed by atoms with Crippen molar-refractivity contribution in [2.24, 2.45) is 0 Å². The van der Waals surface area contributed by atoms with Gasteiger partial charge < -0.3 is 9.73 Å². The van der Waals surface area contributed by atoms with Gasteiger partial charge in [0.1, 0.15) is 16.8 Å². The third-order valence-electron chi connectivity index (χ3n) is 4.55. The molecule has 1 aliphatic carbocycles. The second-order valence-corrected chi connectivity index (χ2v) is 7.58. The molecule has 26 heavy (non-hydrogen) atoms. The van der Waals surface area contributed by atoms with Gasteiger partial charge in [-0.15, -0.1) is 11.3 Å². The minimum absolute atomic E-state index is 0.235. The highest BCUT2D eigenvalue weighted by Crippen LogP contribution is 2.38.